The number of aromatic nitrogens is 3. The summed E-state index contributed by atoms with van der Waals surface area (Å²) in [7, 11) is -3.63. The minimum atomic E-state index is -3.63. The predicted octanol–water partition coefficient (Wildman–Crippen LogP) is 1.15. The van der Waals surface area contributed by atoms with E-state index < -0.39 is 16.0 Å². The molecule has 1 N–H and O–H groups in total. The molecular weight excluding hydrogens is 406 g/mol. The highest BCUT2D eigenvalue weighted by Gasteiger charge is 2.33. The molecule has 1 amide bonds. The summed E-state index contributed by atoms with van der Waals surface area (Å²) in [5.41, 5.74) is -0.0307. The molecule has 1 saturated heterocycles. The minimum Gasteiger partial charge on any atom is -0.461 e. The van der Waals surface area contributed by atoms with Gasteiger partial charge in [-0.25, -0.2) is 13.2 Å². The topological polar surface area (TPSA) is 131 Å². The molecule has 28 heavy (non-hydrogen) atoms. The maximum absolute atomic E-state index is 12.6. The molecule has 10 nitrogen and oxygen atoms in total. The fraction of sp³-hybridized carbons (Fsp3) is 0.438. The minimum absolute atomic E-state index is 0.0307. The second-order valence-electron chi connectivity index (χ2n) is 6.03. The van der Waals surface area contributed by atoms with Crippen molar-refractivity contribution in [3.8, 4) is 0 Å². The Labute approximate surface area is 166 Å². The third-order valence-corrected chi connectivity index (χ3v) is 6.81. The van der Waals surface area contributed by atoms with Crippen LogP contribution in [-0.2, 0) is 19.6 Å². The maximum Gasteiger partial charge on any atom is 0.362 e. The highest BCUT2D eigenvalue weighted by Crippen LogP contribution is 2.26. The van der Waals surface area contributed by atoms with Crippen LogP contribution in [0.25, 0.3) is 0 Å². The van der Waals surface area contributed by atoms with Gasteiger partial charge in [0.25, 0.3) is 0 Å². The van der Waals surface area contributed by atoms with Crippen LogP contribution in [0.4, 0.5) is 5.00 Å². The number of pyridine rings is 1. The molecule has 1 aliphatic heterocycles. The second-order valence-corrected chi connectivity index (χ2v) is 8.72. The van der Waals surface area contributed by atoms with Crippen LogP contribution >= 0.6 is 11.5 Å². The molecule has 0 aliphatic carbocycles. The largest absolute Gasteiger partial charge is 0.461 e. The predicted molar refractivity (Wildman–Crippen MR) is 100 cm³/mol. The maximum atomic E-state index is 12.6. The monoisotopic (exact) mass is 425 g/mol. The van der Waals surface area contributed by atoms with Crippen molar-refractivity contribution in [1.82, 2.24) is 18.9 Å². The van der Waals surface area contributed by atoms with Gasteiger partial charge in [-0.15, -0.1) is 5.10 Å². The molecule has 1 aliphatic rings. The van der Waals surface area contributed by atoms with Gasteiger partial charge in [-0.2, -0.15) is 4.31 Å². The number of hydrogen-bond donors (Lipinski definition) is 1. The zero-order valence-electron chi connectivity index (χ0n) is 15.1. The molecule has 0 radical (unpaired) electrons. The number of anilines is 1. The van der Waals surface area contributed by atoms with Crippen LogP contribution in [0.5, 0.6) is 0 Å². The summed E-state index contributed by atoms with van der Waals surface area (Å²) < 4.78 is 35.2. The van der Waals surface area contributed by atoms with E-state index in [1.54, 1.807) is 13.0 Å². The first-order chi connectivity index (χ1) is 13.4. The Morgan fingerprint density at radius 2 is 2.11 bits per heavy atom. The number of piperidine rings is 1. The Hall–Kier alpha value is -2.44. The lowest BCUT2D eigenvalue weighted by molar-refractivity contribution is -0.120. The lowest BCUT2D eigenvalue weighted by Crippen LogP contribution is -2.41. The Kier molecular flexibility index (Phi) is 6.31. The van der Waals surface area contributed by atoms with Crippen molar-refractivity contribution in [2.24, 2.45) is 5.92 Å². The summed E-state index contributed by atoms with van der Waals surface area (Å²) in [4.78, 5) is 28.3. The number of hydrogen-bond acceptors (Lipinski definition) is 9. The summed E-state index contributed by atoms with van der Waals surface area (Å²) in [6.07, 6.45) is 3.55. The SMILES string of the molecule is CCOC(=O)c1nnsc1NC(=O)C1CCN(S(=O)(=O)c2cccnc2)CC1. The number of carbonyl (C=O) groups excluding carboxylic acids is 2. The van der Waals surface area contributed by atoms with E-state index in [9.17, 15) is 18.0 Å². The van der Waals surface area contributed by atoms with Crippen molar-refractivity contribution in [3.63, 3.8) is 0 Å². The summed E-state index contributed by atoms with van der Waals surface area (Å²) >= 11 is 0.891. The lowest BCUT2D eigenvalue weighted by Gasteiger charge is -2.30. The number of carbonyl (C=O) groups is 2. The van der Waals surface area contributed by atoms with E-state index in [2.05, 4.69) is 19.9 Å². The van der Waals surface area contributed by atoms with Gasteiger partial charge in [0.05, 0.1) is 6.61 Å². The van der Waals surface area contributed by atoms with Gasteiger partial charge in [-0.1, -0.05) is 4.49 Å². The first kappa shape index (κ1) is 20.3. The number of nitrogens with one attached hydrogen (secondary N) is 1. The van der Waals surface area contributed by atoms with Gasteiger partial charge in [-0.05, 0) is 31.9 Å². The standard InChI is InChI=1S/C16H19N5O5S2/c1-2-26-16(23)13-15(27-20-19-13)18-14(22)11-5-8-21(9-6-11)28(24,25)12-4-3-7-17-10-12/h3-4,7,10-11H,2,5-6,8-9H2,1H3,(H,18,22). The molecule has 0 aromatic carbocycles. The van der Waals surface area contributed by atoms with Gasteiger partial charge in [0.2, 0.25) is 21.6 Å². The van der Waals surface area contributed by atoms with E-state index in [1.165, 1.54) is 22.8 Å². The molecule has 12 heteroatoms. The Morgan fingerprint density at radius 1 is 1.36 bits per heavy atom. The molecule has 3 rings (SSSR count). The highest BCUT2D eigenvalue weighted by atomic mass is 32.2. The molecule has 1 fully saturated rings. The zero-order chi connectivity index (χ0) is 20.1. The van der Waals surface area contributed by atoms with Crippen molar-refractivity contribution < 1.29 is 22.7 Å². The van der Waals surface area contributed by atoms with Crippen LogP contribution in [0.3, 0.4) is 0 Å². The fourth-order valence-electron chi connectivity index (χ4n) is 2.83. The van der Waals surface area contributed by atoms with Crippen molar-refractivity contribution in [2.75, 3.05) is 25.0 Å². The molecule has 2 aromatic heterocycles. The van der Waals surface area contributed by atoms with Gasteiger partial charge >= 0.3 is 5.97 Å². The second kappa shape index (κ2) is 8.71. The van der Waals surface area contributed by atoms with Crippen LogP contribution < -0.4 is 5.32 Å². The fourth-order valence-corrected chi connectivity index (χ4v) is 4.82. The van der Waals surface area contributed by atoms with Crippen LogP contribution in [0.2, 0.25) is 0 Å². The van der Waals surface area contributed by atoms with Gasteiger partial charge in [0.15, 0.2) is 5.00 Å². The van der Waals surface area contributed by atoms with E-state index in [0.29, 0.717) is 12.8 Å². The summed E-state index contributed by atoms with van der Waals surface area (Å²) in [6, 6.07) is 3.06. The Bertz CT molecular complexity index is 939. The first-order valence-corrected chi connectivity index (χ1v) is 10.8. The summed E-state index contributed by atoms with van der Waals surface area (Å²) in [6.45, 7) is 2.30. The van der Waals surface area contributed by atoms with E-state index in [4.69, 9.17) is 4.74 Å². The van der Waals surface area contributed by atoms with Crippen molar-refractivity contribution in [1.29, 1.82) is 0 Å². The molecule has 0 saturated carbocycles. The average molecular weight is 425 g/mol. The Balaban J connectivity index is 1.61. The van der Waals surface area contributed by atoms with Gasteiger partial charge in [0, 0.05) is 42.9 Å². The molecule has 2 aromatic rings. The lowest BCUT2D eigenvalue weighted by atomic mass is 9.97. The molecule has 150 valence electrons. The normalized spacial score (nSPS) is 15.9. The van der Waals surface area contributed by atoms with Crippen LogP contribution in [0.15, 0.2) is 29.4 Å². The van der Waals surface area contributed by atoms with E-state index in [1.807, 2.05) is 0 Å². The summed E-state index contributed by atoms with van der Waals surface area (Å²) in [5.74, 6) is -1.32. The third kappa shape index (κ3) is 4.34. The van der Waals surface area contributed by atoms with Gasteiger partial charge in [-0.3, -0.25) is 9.78 Å². The van der Waals surface area contributed by atoms with Crippen molar-refractivity contribution in [3.05, 3.63) is 30.2 Å². The number of sulfonamides is 1. The molecule has 0 spiro atoms. The number of ether oxygens (including phenoxy) is 1. The van der Waals surface area contributed by atoms with Crippen LogP contribution in [-0.4, -0.2) is 58.9 Å². The van der Waals surface area contributed by atoms with Crippen LogP contribution in [0.1, 0.15) is 30.3 Å². The summed E-state index contributed by atoms with van der Waals surface area (Å²) in [5, 5.41) is 6.59. The van der Waals surface area contributed by atoms with E-state index in [-0.39, 0.29) is 47.1 Å². The molecule has 3 heterocycles. The third-order valence-electron chi connectivity index (χ3n) is 4.29. The number of nitrogens with zero attached hydrogens (tertiary/aromatic N) is 4. The average Bonchev–Trinajstić information content (AvgIpc) is 3.17. The number of amides is 1. The Morgan fingerprint density at radius 3 is 2.75 bits per heavy atom. The first-order valence-electron chi connectivity index (χ1n) is 8.64. The van der Waals surface area contributed by atoms with Crippen molar-refractivity contribution >= 4 is 38.4 Å². The zero-order valence-corrected chi connectivity index (χ0v) is 16.7. The van der Waals surface area contributed by atoms with Gasteiger partial charge in [0.1, 0.15) is 4.90 Å². The van der Waals surface area contributed by atoms with Gasteiger partial charge < -0.3 is 10.1 Å². The van der Waals surface area contributed by atoms with Crippen molar-refractivity contribution in [2.45, 2.75) is 24.7 Å². The smallest absolute Gasteiger partial charge is 0.362 e. The number of esters is 1. The van der Waals surface area contributed by atoms with Crippen LogP contribution in [0, 0.1) is 5.92 Å². The quantitative estimate of drug-likeness (QED) is 0.682. The molecule has 0 bridgehead atoms. The molecule has 0 unspecified atom stereocenters. The van der Waals surface area contributed by atoms with E-state index >= 15 is 0 Å². The highest BCUT2D eigenvalue weighted by molar-refractivity contribution is 7.89. The molecule has 0 atom stereocenters. The molecular formula is C16H19N5O5S2. The number of rotatable bonds is 6. The van der Waals surface area contributed by atoms with E-state index in [0.717, 1.165) is 11.5 Å².